The van der Waals surface area contributed by atoms with E-state index in [1.807, 2.05) is 13.0 Å². The van der Waals surface area contributed by atoms with Crippen LogP contribution in [0.5, 0.6) is 0 Å². The molecule has 0 atom stereocenters. The lowest BCUT2D eigenvalue weighted by Gasteiger charge is -2.10. The zero-order valence-corrected chi connectivity index (χ0v) is 13.0. The minimum Gasteiger partial charge on any atom is -0.294 e. The second-order valence-electron chi connectivity index (χ2n) is 4.78. The van der Waals surface area contributed by atoms with Crippen molar-refractivity contribution in [2.24, 2.45) is 0 Å². The standard InChI is InChI=1S/C17H15F3OS/c1-3-22-16-10-13(6-9-15(16)11(2)21)12-4-7-14(8-5-12)17(18,19)20/h4-10H,3H2,1-2H3. The van der Waals surface area contributed by atoms with E-state index >= 15 is 0 Å². The minimum atomic E-state index is -4.33. The Hall–Kier alpha value is -1.75. The smallest absolute Gasteiger partial charge is 0.294 e. The first-order valence-electron chi connectivity index (χ1n) is 6.78. The van der Waals surface area contributed by atoms with Gasteiger partial charge in [-0.05, 0) is 48.1 Å². The molecular formula is C17H15F3OS. The predicted molar refractivity (Wildman–Crippen MR) is 83.3 cm³/mol. The highest BCUT2D eigenvalue weighted by Gasteiger charge is 2.29. The van der Waals surface area contributed by atoms with Crippen LogP contribution in [0.4, 0.5) is 13.2 Å². The summed E-state index contributed by atoms with van der Waals surface area (Å²) in [4.78, 5) is 12.5. The van der Waals surface area contributed by atoms with Gasteiger partial charge in [0.25, 0.3) is 0 Å². The van der Waals surface area contributed by atoms with Crippen LogP contribution in [0, 0.1) is 0 Å². The Kier molecular flexibility index (Phi) is 4.96. The van der Waals surface area contributed by atoms with E-state index in [1.165, 1.54) is 19.1 Å². The quantitative estimate of drug-likeness (QED) is 0.531. The Morgan fingerprint density at radius 3 is 2.14 bits per heavy atom. The van der Waals surface area contributed by atoms with Gasteiger partial charge in [-0.2, -0.15) is 13.2 Å². The number of carbonyl (C=O) groups is 1. The molecule has 0 N–H and O–H groups in total. The van der Waals surface area contributed by atoms with Crippen LogP contribution < -0.4 is 0 Å². The summed E-state index contributed by atoms with van der Waals surface area (Å²) < 4.78 is 37.8. The monoisotopic (exact) mass is 324 g/mol. The van der Waals surface area contributed by atoms with Gasteiger partial charge < -0.3 is 0 Å². The zero-order chi connectivity index (χ0) is 16.3. The third-order valence-corrected chi connectivity index (χ3v) is 4.14. The van der Waals surface area contributed by atoms with Crippen LogP contribution in [0.2, 0.25) is 0 Å². The van der Waals surface area contributed by atoms with Crippen LogP contribution in [-0.4, -0.2) is 11.5 Å². The molecule has 116 valence electrons. The van der Waals surface area contributed by atoms with Gasteiger partial charge >= 0.3 is 6.18 Å². The number of halogens is 3. The van der Waals surface area contributed by atoms with Crippen molar-refractivity contribution >= 4 is 17.5 Å². The van der Waals surface area contributed by atoms with E-state index in [0.29, 0.717) is 11.1 Å². The number of benzene rings is 2. The molecule has 0 radical (unpaired) electrons. The highest BCUT2D eigenvalue weighted by molar-refractivity contribution is 7.99. The molecule has 0 saturated carbocycles. The van der Waals surface area contributed by atoms with Gasteiger partial charge in [-0.15, -0.1) is 11.8 Å². The molecule has 0 aliphatic heterocycles. The number of alkyl halides is 3. The van der Waals surface area contributed by atoms with Crippen molar-refractivity contribution in [3.8, 4) is 11.1 Å². The molecular weight excluding hydrogens is 309 g/mol. The number of carbonyl (C=O) groups excluding carboxylic acids is 1. The predicted octanol–water partition coefficient (Wildman–Crippen LogP) is 5.69. The lowest BCUT2D eigenvalue weighted by molar-refractivity contribution is -0.137. The third-order valence-electron chi connectivity index (χ3n) is 3.21. The summed E-state index contributed by atoms with van der Waals surface area (Å²) >= 11 is 1.55. The van der Waals surface area contributed by atoms with Crippen molar-refractivity contribution in [1.29, 1.82) is 0 Å². The summed E-state index contributed by atoms with van der Waals surface area (Å²) in [5, 5.41) is 0. The van der Waals surface area contributed by atoms with Crippen LogP contribution in [0.3, 0.4) is 0 Å². The summed E-state index contributed by atoms with van der Waals surface area (Å²) in [6, 6.07) is 10.4. The van der Waals surface area contributed by atoms with E-state index in [1.54, 1.807) is 23.9 Å². The molecule has 0 aliphatic rings. The second-order valence-corrected chi connectivity index (χ2v) is 6.08. The highest BCUT2D eigenvalue weighted by Crippen LogP contribution is 2.33. The van der Waals surface area contributed by atoms with Crippen LogP contribution in [-0.2, 0) is 6.18 Å². The summed E-state index contributed by atoms with van der Waals surface area (Å²) in [5.74, 6) is 0.798. The van der Waals surface area contributed by atoms with Crippen LogP contribution in [0.1, 0.15) is 29.8 Å². The van der Waals surface area contributed by atoms with Gasteiger partial charge in [0.1, 0.15) is 0 Å². The molecule has 2 aromatic carbocycles. The average Bonchev–Trinajstić information content (AvgIpc) is 2.46. The number of ketones is 1. The molecule has 0 bridgehead atoms. The average molecular weight is 324 g/mol. The van der Waals surface area contributed by atoms with Crippen molar-refractivity contribution < 1.29 is 18.0 Å². The van der Waals surface area contributed by atoms with E-state index in [4.69, 9.17) is 0 Å². The topological polar surface area (TPSA) is 17.1 Å². The van der Waals surface area contributed by atoms with Crippen molar-refractivity contribution in [1.82, 2.24) is 0 Å². The van der Waals surface area contributed by atoms with E-state index in [0.717, 1.165) is 28.3 Å². The Balaban J connectivity index is 2.40. The Bertz CT molecular complexity index is 675. The van der Waals surface area contributed by atoms with Crippen LogP contribution in [0.15, 0.2) is 47.4 Å². The fourth-order valence-electron chi connectivity index (χ4n) is 2.12. The van der Waals surface area contributed by atoms with Gasteiger partial charge in [0, 0.05) is 10.5 Å². The summed E-state index contributed by atoms with van der Waals surface area (Å²) in [5.41, 5.74) is 1.47. The van der Waals surface area contributed by atoms with Gasteiger partial charge in [0.2, 0.25) is 0 Å². The molecule has 0 spiro atoms. The van der Waals surface area contributed by atoms with Gasteiger partial charge in [0.05, 0.1) is 5.56 Å². The summed E-state index contributed by atoms with van der Waals surface area (Å²) in [7, 11) is 0. The van der Waals surface area contributed by atoms with E-state index in [9.17, 15) is 18.0 Å². The molecule has 0 saturated heterocycles. The number of hydrogen-bond donors (Lipinski definition) is 0. The molecule has 0 unspecified atom stereocenters. The molecule has 1 nitrogen and oxygen atoms in total. The Morgan fingerprint density at radius 2 is 1.64 bits per heavy atom. The fourth-order valence-corrected chi connectivity index (χ4v) is 3.01. The highest BCUT2D eigenvalue weighted by atomic mass is 32.2. The fraction of sp³-hybridized carbons (Fsp3) is 0.235. The van der Waals surface area contributed by atoms with Crippen molar-refractivity contribution in [3.63, 3.8) is 0 Å². The molecule has 22 heavy (non-hydrogen) atoms. The van der Waals surface area contributed by atoms with Crippen molar-refractivity contribution in [2.75, 3.05) is 5.75 Å². The molecule has 2 aromatic rings. The first-order chi connectivity index (χ1) is 10.3. The number of Topliss-reactive ketones (excluding diaryl/α,β-unsaturated/α-hetero) is 1. The first-order valence-corrected chi connectivity index (χ1v) is 7.77. The molecule has 0 fully saturated rings. The number of rotatable bonds is 4. The van der Waals surface area contributed by atoms with Crippen molar-refractivity contribution in [2.45, 2.75) is 24.9 Å². The zero-order valence-electron chi connectivity index (χ0n) is 12.2. The molecule has 2 rings (SSSR count). The first kappa shape index (κ1) is 16.6. The van der Waals surface area contributed by atoms with Gasteiger partial charge in [-0.3, -0.25) is 4.79 Å². The molecule has 0 heterocycles. The maximum atomic E-state index is 12.6. The molecule has 0 aliphatic carbocycles. The van der Waals surface area contributed by atoms with Gasteiger partial charge in [-0.1, -0.05) is 25.1 Å². The van der Waals surface area contributed by atoms with Gasteiger partial charge in [0.15, 0.2) is 5.78 Å². The lowest BCUT2D eigenvalue weighted by Crippen LogP contribution is -2.04. The van der Waals surface area contributed by atoms with Crippen LogP contribution >= 0.6 is 11.8 Å². The summed E-state index contributed by atoms with van der Waals surface area (Å²) in [6.07, 6.45) is -4.33. The number of thioether (sulfide) groups is 1. The lowest BCUT2D eigenvalue weighted by atomic mass is 10.0. The van der Waals surface area contributed by atoms with E-state index in [2.05, 4.69) is 0 Å². The summed E-state index contributed by atoms with van der Waals surface area (Å²) in [6.45, 7) is 3.49. The minimum absolute atomic E-state index is 0.0186. The van der Waals surface area contributed by atoms with Gasteiger partial charge in [-0.25, -0.2) is 0 Å². The molecule has 5 heteroatoms. The maximum Gasteiger partial charge on any atom is 0.416 e. The van der Waals surface area contributed by atoms with Crippen molar-refractivity contribution in [3.05, 3.63) is 53.6 Å². The maximum absolute atomic E-state index is 12.6. The molecule has 0 amide bonds. The second kappa shape index (κ2) is 6.57. The third kappa shape index (κ3) is 3.71. The van der Waals surface area contributed by atoms with E-state index < -0.39 is 11.7 Å². The normalized spacial score (nSPS) is 11.5. The Morgan fingerprint density at radius 1 is 1.05 bits per heavy atom. The number of hydrogen-bond acceptors (Lipinski definition) is 2. The van der Waals surface area contributed by atoms with E-state index in [-0.39, 0.29) is 5.78 Å². The SMILES string of the molecule is CCSc1cc(-c2ccc(C(F)(F)F)cc2)ccc1C(C)=O. The molecule has 0 aromatic heterocycles. The van der Waals surface area contributed by atoms with Crippen LogP contribution in [0.25, 0.3) is 11.1 Å². The largest absolute Gasteiger partial charge is 0.416 e. The Labute approximate surface area is 131 Å².